The minimum atomic E-state index is -0.527. The fourth-order valence-corrected chi connectivity index (χ4v) is 4.05. The summed E-state index contributed by atoms with van der Waals surface area (Å²) in [4.78, 5) is 0. The molecule has 0 aliphatic carbocycles. The predicted octanol–water partition coefficient (Wildman–Crippen LogP) is 5.16. The first kappa shape index (κ1) is 23.2. The molecule has 0 bridgehead atoms. The number of hydrogen-bond acceptors (Lipinski definition) is 4. The van der Waals surface area contributed by atoms with Crippen molar-refractivity contribution in [2.75, 3.05) is 0 Å². The number of ether oxygens (including phenoxy) is 4. The highest BCUT2D eigenvalue weighted by atomic mass is 16.6. The molecule has 5 atom stereocenters. The van der Waals surface area contributed by atoms with Crippen LogP contribution in [-0.2, 0) is 38.8 Å². The molecule has 3 aromatic rings. The van der Waals surface area contributed by atoms with Crippen molar-refractivity contribution in [1.82, 2.24) is 0 Å². The molecule has 0 unspecified atom stereocenters. The van der Waals surface area contributed by atoms with Crippen LogP contribution in [0.15, 0.2) is 91.0 Å². The van der Waals surface area contributed by atoms with Crippen LogP contribution in [0.5, 0.6) is 0 Å². The Morgan fingerprint density at radius 1 is 0.636 bits per heavy atom. The van der Waals surface area contributed by atoms with Gasteiger partial charge < -0.3 is 18.9 Å². The van der Waals surface area contributed by atoms with E-state index >= 15 is 0 Å². The molecule has 1 aliphatic rings. The van der Waals surface area contributed by atoms with Gasteiger partial charge in [-0.15, -0.1) is 6.42 Å². The minimum absolute atomic E-state index is 0.243. The molecule has 4 rings (SSSR count). The van der Waals surface area contributed by atoms with Crippen LogP contribution in [0.2, 0.25) is 0 Å². The largest absolute Gasteiger partial charge is 0.368 e. The van der Waals surface area contributed by atoms with Gasteiger partial charge >= 0.3 is 0 Å². The Kier molecular flexibility index (Phi) is 8.30. The van der Waals surface area contributed by atoms with E-state index in [9.17, 15) is 0 Å². The van der Waals surface area contributed by atoms with Crippen molar-refractivity contribution in [2.24, 2.45) is 0 Å². The summed E-state index contributed by atoms with van der Waals surface area (Å²) in [7, 11) is 0. The second-order valence-corrected chi connectivity index (χ2v) is 8.21. The Balaban J connectivity index is 1.54. The maximum absolute atomic E-state index is 6.45. The average Bonchev–Trinajstić information content (AvgIpc) is 2.87. The summed E-state index contributed by atoms with van der Waals surface area (Å²) >= 11 is 0. The van der Waals surface area contributed by atoms with Crippen LogP contribution < -0.4 is 0 Å². The van der Waals surface area contributed by atoms with Crippen LogP contribution in [0.3, 0.4) is 0 Å². The Bertz CT molecular complexity index is 1000. The van der Waals surface area contributed by atoms with Gasteiger partial charge in [-0.05, 0) is 23.6 Å². The highest BCUT2D eigenvalue weighted by Gasteiger charge is 2.46. The quantitative estimate of drug-likeness (QED) is 0.429. The normalized spacial score (nSPS) is 24.8. The lowest BCUT2D eigenvalue weighted by atomic mass is 9.95. The van der Waals surface area contributed by atoms with Gasteiger partial charge in [0.25, 0.3) is 0 Å². The van der Waals surface area contributed by atoms with Gasteiger partial charge in [-0.1, -0.05) is 96.9 Å². The molecule has 4 heteroatoms. The summed E-state index contributed by atoms with van der Waals surface area (Å²) in [5.41, 5.74) is 3.24. The summed E-state index contributed by atoms with van der Waals surface area (Å²) in [6.07, 6.45) is 3.90. The zero-order valence-corrected chi connectivity index (χ0v) is 18.9. The van der Waals surface area contributed by atoms with Crippen LogP contribution in [0.1, 0.15) is 23.6 Å². The fourth-order valence-electron chi connectivity index (χ4n) is 4.05. The summed E-state index contributed by atoms with van der Waals surface area (Å²) in [5, 5.41) is 0. The molecule has 1 heterocycles. The number of hydrogen-bond donors (Lipinski definition) is 0. The molecule has 0 aromatic heterocycles. The lowest BCUT2D eigenvalue weighted by Gasteiger charge is -2.44. The van der Waals surface area contributed by atoms with Crippen LogP contribution in [-0.4, -0.2) is 30.5 Å². The number of terminal acetylenes is 1. The van der Waals surface area contributed by atoms with Crippen LogP contribution in [0.4, 0.5) is 0 Å². The third kappa shape index (κ3) is 6.31. The number of rotatable bonds is 9. The van der Waals surface area contributed by atoms with Crippen molar-refractivity contribution in [3.63, 3.8) is 0 Å². The lowest BCUT2D eigenvalue weighted by molar-refractivity contribution is -0.249. The van der Waals surface area contributed by atoms with Crippen LogP contribution in [0.25, 0.3) is 0 Å². The van der Waals surface area contributed by atoms with Crippen LogP contribution in [0, 0.1) is 12.3 Å². The van der Waals surface area contributed by atoms with E-state index in [1.54, 1.807) is 0 Å². The summed E-state index contributed by atoms with van der Waals surface area (Å²) < 4.78 is 25.3. The van der Waals surface area contributed by atoms with E-state index in [1.807, 2.05) is 97.9 Å². The van der Waals surface area contributed by atoms with Gasteiger partial charge in [0.05, 0.1) is 25.9 Å². The minimum Gasteiger partial charge on any atom is -0.368 e. The van der Waals surface area contributed by atoms with Gasteiger partial charge in [-0.3, -0.25) is 0 Å². The first-order chi connectivity index (χ1) is 16.2. The molecule has 33 heavy (non-hydrogen) atoms. The Labute approximate surface area is 196 Å². The SMILES string of the molecule is C#C[C@@H]1O[C@@H](C)[C@@H](OCc2ccccc2)[C@@H](OCc2ccccc2)[C@@H]1OCc1ccccc1. The van der Waals surface area contributed by atoms with Crippen molar-refractivity contribution in [3.8, 4) is 12.3 Å². The first-order valence-corrected chi connectivity index (χ1v) is 11.3. The lowest BCUT2D eigenvalue weighted by Crippen LogP contribution is -2.59. The monoisotopic (exact) mass is 442 g/mol. The Hall–Kier alpha value is -2.94. The van der Waals surface area contributed by atoms with E-state index in [0.29, 0.717) is 19.8 Å². The first-order valence-electron chi connectivity index (χ1n) is 11.3. The van der Waals surface area contributed by atoms with Gasteiger partial charge in [0.1, 0.15) is 24.4 Å². The molecule has 170 valence electrons. The van der Waals surface area contributed by atoms with Gasteiger partial charge in [0.15, 0.2) is 0 Å². The summed E-state index contributed by atoms with van der Waals surface area (Å²) in [6, 6.07) is 30.2. The molecule has 3 aromatic carbocycles. The van der Waals surface area contributed by atoms with Crippen molar-refractivity contribution in [1.29, 1.82) is 0 Å². The van der Waals surface area contributed by atoms with Crippen LogP contribution >= 0.6 is 0 Å². The van der Waals surface area contributed by atoms with Crippen molar-refractivity contribution in [2.45, 2.75) is 57.3 Å². The molecule has 1 saturated heterocycles. The number of benzene rings is 3. The fraction of sp³-hybridized carbons (Fsp3) is 0.310. The molecular weight excluding hydrogens is 412 g/mol. The second-order valence-electron chi connectivity index (χ2n) is 8.21. The molecule has 0 N–H and O–H groups in total. The predicted molar refractivity (Wildman–Crippen MR) is 128 cm³/mol. The van der Waals surface area contributed by atoms with E-state index in [-0.39, 0.29) is 18.3 Å². The molecule has 0 amide bonds. The standard InChI is InChI=1S/C29H30O4/c1-3-26-28(31-20-24-15-9-5-10-16-24)29(32-21-25-17-11-6-12-18-25)27(22(2)33-26)30-19-23-13-7-4-8-14-23/h1,4-18,22,26-29H,19-21H2,2H3/t22-,26-,27+,28+,29+/m0/s1. The van der Waals surface area contributed by atoms with Gasteiger partial charge in [-0.25, -0.2) is 0 Å². The smallest absolute Gasteiger partial charge is 0.147 e. The highest BCUT2D eigenvalue weighted by molar-refractivity contribution is 5.16. The third-order valence-electron chi connectivity index (χ3n) is 5.79. The molecule has 1 aliphatic heterocycles. The maximum atomic E-state index is 6.45. The van der Waals surface area contributed by atoms with E-state index in [4.69, 9.17) is 25.4 Å². The molecule has 0 radical (unpaired) electrons. The molecule has 0 spiro atoms. The summed E-state index contributed by atoms with van der Waals surface area (Å²) in [6.45, 7) is 3.28. The van der Waals surface area contributed by atoms with Crippen molar-refractivity contribution < 1.29 is 18.9 Å². The maximum Gasteiger partial charge on any atom is 0.147 e. The molecule has 0 saturated carbocycles. The van der Waals surface area contributed by atoms with E-state index in [0.717, 1.165) is 16.7 Å². The van der Waals surface area contributed by atoms with Crippen molar-refractivity contribution in [3.05, 3.63) is 108 Å². The van der Waals surface area contributed by atoms with E-state index in [2.05, 4.69) is 5.92 Å². The zero-order chi connectivity index (χ0) is 22.9. The average molecular weight is 443 g/mol. The molecule has 1 fully saturated rings. The van der Waals surface area contributed by atoms with E-state index < -0.39 is 12.2 Å². The Morgan fingerprint density at radius 2 is 1.03 bits per heavy atom. The van der Waals surface area contributed by atoms with Gasteiger partial charge in [-0.2, -0.15) is 0 Å². The molecular formula is C29H30O4. The van der Waals surface area contributed by atoms with Crippen molar-refractivity contribution >= 4 is 0 Å². The third-order valence-corrected chi connectivity index (χ3v) is 5.79. The Morgan fingerprint density at radius 3 is 1.45 bits per heavy atom. The van der Waals surface area contributed by atoms with Gasteiger partial charge in [0, 0.05) is 0 Å². The highest BCUT2D eigenvalue weighted by Crippen LogP contribution is 2.30. The van der Waals surface area contributed by atoms with Gasteiger partial charge in [0.2, 0.25) is 0 Å². The summed E-state index contributed by atoms with van der Waals surface area (Å²) in [5.74, 6) is 2.76. The zero-order valence-electron chi connectivity index (χ0n) is 18.9. The molecule has 4 nitrogen and oxygen atoms in total. The topological polar surface area (TPSA) is 36.9 Å². The van der Waals surface area contributed by atoms with E-state index in [1.165, 1.54) is 0 Å². The second kappa shape index (κ2) is 11.8.